The summed E-state index contributed by atoms with van der Waals surface area (Å²) in [6, 6.07) is 26.5. The van der Waals surface area contributed by atoms with E-state index in [9.17, 15) is 15.5 Å². The quantitative estimate of drug-likeness (QED) is 0.179. The summed E-state index contributed by atoms with van der Waals surface area (Å²) in [5.41, 5.74) is 5.25. The highest BCUT2D eigenvalue weighted by Gasteiger charge is 2.17. The van der Waals surface area contributed by atoms with Gasteiger partial charge in [-0.3, -0.25) is 0 Å². The van der Waals surface area contributed by atoms with E-state index in [1.54, 1.807) is 19.1 Å². The first-order valence-electron chi connectivity index (χ1n) is 14.0. The number of rotatable bonds is 12. The van der Waals surface area contributed by atoms with Crippen LogP contribution in [0.5, 0.6) is 23.0 Å². The molecule has 0 aromatic heterocycles. The van der Waals surface area contributed by atoms with Crippen LogP contribution in [0, 0.1) is 11.3 Å². The smallest absolute Gasteiger partial charge is 0.161 e. The van der Waals surface area contributed by atoms with Crippen molar-refractivity contribution < 1.29 is 29.2 Å². The number of aliphatic hydroxyl groups is 2. The van der Waals surface area contributed by atoms with Crippen molar-refractivity contribution >= 4 is 15.9 Å². The first-order chi connectivity index (χ1) is 20.9. The molecule has 0 aliphatic carbocycles. The lowest BCUT2D eigenvalue weighted by Gasteiger charge is -2.21. The first-order valence-corrected chi connectivity index (χ1v) is 14.8. The number of nitrogens with zero attached hydrogens (tertiary/aromatic N) is 1. The lowest BCUT2D eigenvalue weighted by Crippen LogP contribution is -2.40. The van der Waals surface area contributed by atoms with Crippen molar-refractivity contribution in [3.05, 3.63) is 106 Å². The van der Waals surface area contributed by atoms with E-state index in [1.165, 1.54) is 0 Å². The van der Waals surface area contributed by atoms with Crippen LogP contribution in [-0.2, 0) is 19.8 Å². The highest BCUT2D eigenvalue weighted by atomic mass is 79.9. The number of ether oxygens (including phenoxy) is 4. The number of halogens is 1. The number of benzene rings is 4. The van der Waals surface area contributed by atoms with Crippen molar-refractivity contribution in [3.63, 3.8) is 0 Å². The molecule has 9 heteroatoms. The first kappa shape index (κ1) is 30.4. The average molecular weight is 646 g/mol. The number of hydrogen-bond acceptors (Lipinski definition) is 8. The van der Waals surface area contributed by atoms with Crippen molar-refractivity contribution in [3.8, 4) is 40.2 Å². The molecule has 4 aromatic rings. The van der Waals surface area contributed by atoms with Crippen LogP contribution in [0.1, 0.15) is 29.2 Å². The Hall–Kier alpha value is -4.07. The number of hydrogen-bond donors (Lipinski definition) is 3. The maximum atomic E-state index is 9.93. The molecule has 0 spiro atoms. The molecular weight excluding hydrogens is 612 g/mol. The van der Waals surface area contributed by atoms with Gasteiger partial charge in [-0.05, 0) is 69.9 Å². The second-order valence-corrected chi connectivity index (χ2v) is 11.0. The number of aliphatic hydroxyl groups excluding tert-OH is 2. The monoisotopic (exact) mass is 644 g/mol. The Balaban J connectivity index is 1.34. The van der Waals surface area contributed by atoms with Crippen molar-refractivity contribution in [2.24, 2.45) is 0 Å². The largest absolute Gasteiger partial charge is 0.489 e. The van der Waals surface area contributed by atoms with Crippen LogP contribution < -0.4 is 24.3 Å². The maximum absolute atomic E-state index is 9.93. The summed E-state index contributed by atoms with van der Waals surface area (Å²) < 4.78 is 24.8. The minimum absolute atomic E-state index is 0.198. The lowest BCUT2D eigenvalue weighted by atomic mass is 10.0. The van der Waals surface area contributed by atoms with Gasteiger partial charge in [0.2, 0.25) is 0 Å². The Kier molecular flexibility index (Phi) is 10.2. The van der Waals surface area contributed by atoms with Crippen LogP contribution in [-0.4, -0.2) is 42.2 Å². The summed E-state index contributed by atoms with van der Waals surface area (Å²) in [7, 11) is 0. The van der Waals surface area contributed by atoms with Gasteiger partial charge in [-0.2, -0.15) is 5.26 Å². The highest BCUT2D eigenvalue weighted by molar-refractivity contribution is 9.10. The summed E-state index contributed by atoms with van der Waals surface area (Å²) in [5.74, 6) is 2.70. The Labute approximate surface area is 259 Å². The van der Waals surface area contributed by atoms with Gasteiger partial charge in [0, 0.05) is 28.2 Å². The van der Waals surface area contributed by atoms with E-state index in [2.05, 4.69) is 27.3 Å². The van der Waals surface area contributed by atoms with Gasteiger partial charge >= 0.3 is 0 Å². The number of nitrogens with one attached hydrogen (secondary N) is 1. The highest BCUT2D eigenvalue weighted by Crippen LogP contribution is 2.38. The maximum Gasteiger partial charge on any atom is 0.161 e. The second-order valence-electron chi connectivity index (χ2n) is 10.2. The van der Waals surface area contributed by atoms with Crippen molar-refractivity contribution in [2.45, 2.75) is 38.8 Å². The zero-order chi connectivity index (χ0) is 30.2. The van der Waals surface area contributed by atoms with Crippen LogP contribution >= 0.6 is 15.9 Å². The molecule has 0 radical (unpaired) electrons. The second kappa shape index (κ2) is 14.4. The molecular formula is C34H33BrN2O6. The molecule has 5 rings (SSSR count). The molecule has 0 bridgehead atoms. The van der Waals surface area contributed by atoms with E-state index < -0.39 is 12.1 Å². The van der Waals surface area contributed by atoms with E-state index in [0.717, 1.165) is 43.8 Å². The summed E-state index contributed by atoms with van der Waals surface area (Å²) in [4.78, 5) is 0. The number of nitriles is 1. The van der Waals surface area contributed by atoms with Gasteiger partial charge in [-0.15, -0.1) is 0 Å². The SMILES string of the molecule is C[C@H](O)[C@H](CO)NCc1ccc(OCc2cccc(-c3ccc4c(c3)OCCO4)c2Br)cc1OCc1cccc(C#N)c1. The fourth-order valence-corrected chi connectivity index (χ4v) is 5.32. The molecule has 0 saturated carbocycles. The molecule has 0 saturated heterocycles. The fraction of sp³-hybridized carbons (Fsp3) is 0.265. The van der Waals surface area contributed by atoms with E-state index in [1.807, 2.05) is 66.7 Å². The molecule has 3 N–H and O–H groups in total. The van der Waals surface area contributed by atoms with Gasteiger partial charge in [0.25, 0.3) is 0 Å². The predicted molar refractivity (Wildman–Crippen MR) is 166 cm³/mol. The molecule has 0 amide bonds. The van der Waals surface area contributed by atoms with E-state index in [0.29, 0.717) is 43.4 Å². The van der Waals surface area contributed by atoms with E-state index >= 15 is 0 Å². The molecule has 43 heavy (non-hydrogen) atoms. The average Bonchev–Trinajstić information content (AvgIpc) is 3.04. The third-order valence-electron chi connectivity index (χ3n) is 7.15. The molecule has 1 aliphatic heterocycles. The molecule has 4 aromatic carbocycles. The molecule has 0 fully saturated rings. The Morgan fingerprint density at radius 3 is 2.53 bits per heavy atom. The molecule has 2 atom stereocenters. The minimum Gasteiger partial charge on any atom is -0.489 e. The van der Waals surface area contributed by atoms with Gasteiger partial charge in [0.15, 0.2) is 11.5 Å². The number of fused-ring (bicyclic) bond motifs is 1. The summed E-state index contributed by atoms with van der Waals surface area (Å²) in [6.45, 7) is 3.45. The zero-order valence-corrected chi connectivity index (χ0v) is 25.3. The molecule has 0 unspecified atom stereocenters. The fourth-order valence-electron chi connectivity index (χ4n) is 4.71. The summed E-state index contributed by atoms with van der Waals surface area (Å²) >= 11 is 3.78. The van der Waals surface area contributed by atoms with Crippen molar-refractivity contribution in [2.75, 3.05) is 19.8 Å². The van der Waals surface area contributed by atoms with Gasteiger partial charge < -0.3 is 34.5 Å². The molecule has 8 nitrogen and oxygen atoms in total. The van der Waals surface area contributed by atoms with Crippen molar-refractivity contribution in [1.82, 2.24) is 5.32 Å². The molecule has 222 valence electrons. The van der Waals surface area contributed by atoms with Crippen LogP contribution in [0.4, 0.5) is 0 Å². The Bertz CT molecular complexity index is 1600. The Morgan fingerprint density at radius 1 is 0.930 bits per heavy atom. The van der Waals surface area contributed by atoms with Crippen LogP contribution in [0.25, 0.3) is 11.1 Å². The third kappa shape index (κ3) is 7.66. The van der Waals surface area contributed by atoms with E-state index in [-0.39, 0.29) is 13.2 Å². The topological polar surface area (TPSA) is 113 Å². The van der Waals surface area contributed by atoms with Crippen LogP contribution in [0.2, 0.25) is 0 Å². The summed E-state index contributed by atoms with van der Waals surface area (Å²) in [6.07, 6.45) is -0.720. The standard InChI is InChI=1S/C34H33BrN2O6/c1-22(39)30(19-38)37-18-26-8-10-28(16-32(26)43-20-24-5-2-4-23(14-24)17-36)42-21-27-6-3-7-29(34(27)35)25-9-11-31-33(15-25)41-13-12-40-31/h2-11,14-16,22,30,37-39H,12-13,18-21H2,1H3/t22-,30-/m0/s1. The third-order valence-corrected chi connectivity index (χ3v) is 8.09. The normalized spacial score (nSPS) is 13.6. The molecule has 1 aliphatic rings. The van der Waals surface area contributed by atoms with Gasteiger partial charge in [-0.25, -0.2) is 0 Å². The Morgan fingerprint density at radius 2 is 1.74 bits per heavy atom. The molecule has 1 heterocycles. The van der Waals surface area contributed by atoms with Gasteiger partial charge in [0.1, 0.15) is 37.9 Å². The van der Waals surface area contributed by atoms with Crippen LogP contribution in [0.3, 0.4) is 0 Å². The van der Waals surface area contributed by atoms with Gasteiger partial charge in [-0.1, -0.05) is 42.5 Å². The van der Waals surface area contributed by atoms with E-state index in [4.69, 9.17) is 18.9 Å². The summed E-state index contributed by atoms with van der Waals surface area (Å²) in [5, 5.41) is 32.0. The minimum atomic E-state index is -0.720. The van der Waals surface area contributed by atoms with Crippen molar-refractivity contribution in [1.29, 1.82) is 5.26 Å². The van der Waals surface area contributed by atoms with Crippen LogP contribution in [0.15, 0.2) is 83.3 Å². The lowest BCUT2D eigenvalue weighted by molar-refractivity contribution is 0.103. The zero-order valence-electron chi connectivity index (χ0n) is 23.8. The van der Waals surface area contributed by atoms with Gasteiger partial charge in [0.05, 0.1) is 30.4 Å². The predicted octanol–water partition coefficient (Wildman–Crippen LogP) is 5.75.